The summed E-state index contributed by atoms with van der Waals surface area (Å²) >= 11 is 0. The summed E-state index contributed by atoms with van der Waals surface area (Å²) in [5.41, 5.74) is 0. The number of aliphatic hydroxyl groups excluding tert-OH is 1. The predicted octanol–water partition coefficient (Wildman–Crippen LogP) is 26.4. The second-order valence-corrected chi connectivity index (χ2v) is 34.3. The third-order valence-electron chi connectivity index (χ3n) is 20.3. The van der Waals surface area contributed by atoms with Gasteiger partial charge in [0.2, 0.25) is 0 Å². The molecule has 0 aromatic rings. The van der Waals surface area contributed by atoms with Crippen molar-refractivity contribution in [2.45, 2.75) is 483 Å². The molecule has 0 aromatic heterocycles. The predicted molar refractivity (Wildman–Crippen MR) is 432 cm³/mol. The Morgan fingerprint density at radius 2 is 0.438 bits per heavy atom. The number of esters is 4. The largest absolute Gasteiger partial charge is 0.472 e. The van der Waals surface area contributed by atoms with Gasteiger partial charge in [0.1, 0.15) is 19.3 Å². The molecule has 105 heavy (non-hydrogen) atoms. The molecule has 3 N–H and O–H groups in total. The van der Waals surface area contributed by atoms with E-state index < -0.39 is 97.5 Å². The number of carbonyl (C=O) groups is 4. The van der Waals surface area contributed by atoms with E-state index >= 15 is 0 Å². The zero-order valence-electron chi connectivity index (χ0n) is 68.9. The zero-order valence-corrected chi connectivity index (χ0v) is 70.7. The highest BCUT2D eigenvalue weighted by molar-refractivity contribution is 7.47. The highest BCUT2D eigenvalue weighted by Crippen LogP contribution is 2.45. The van der Waals surface area contributed by atoms with Gasteiger partial charge in [-0.3, -0.25) is 37.3 Å². The fourth-order valence-electron chi connectivity index (χ4n) is 13.5. The average Bonchev–Trinajstić information content (AvgIpc) is 0.927. The van der Waals surface area contributed by atoms with Crippen LogP contribution in [0.25, 0.3) is 0 Å². The lowest BCUT2D eigenvalue weighted by molar-refractivity contribution is -0.161. The first-order chi connectivity index (χ1) is 51.0. The number of carbonyl (C=O) groups excluding carboxylic acids is 4. The van der Waals surface area contributed by atoms with E-state index in [9.17, 15) is 43.2 Å². The lowest BCUT2D eigenvalue weighted by atomic mass is 10.0. The van der Waals surface area contributed by atoms with E-state index in [1.54, 1.807) is 0 Å². The van der Waals surface area contributed by atoms with E-state index in [4.69, 9.17) is 37.0 Å². The Kier molecular flexibility index (Phi) is 77.3. The standard InChI is InChI=1S/C86H168O17P2/c1-6-9-12-15-18-21-24-27-29-31-36-40-45-50-55-60-65-70-84(89)97-76-82(103-86(91)72-67-62-57-52-47-42-38-34-33-35-39-43-48-53-58-63-68-79(4)5)78-101-105(94,95)99-74-80(87)73-98-104(92,93)100-77-81(75-96-83(88)69-64-59-54-49-44-26-23-20-17-14-11-8-3)102-85(90)71-66-61-56-51-46-41-37-32-30-28-25-22-19-16-13-10-7-2/h79-82,87H,6-78H2,1-5H3,(H,92,93)(H,94,95)/t80-,81+,82+/m0/s1. The molecule has 624 valence electrons. The van der Waals surface area contributed by atoms with Gasteiger partial charge >= 0.3 is 39.5 Å². The van der Waals surface area contributed by atoms with Crippen molar-refractivity contribution in [1.29, 1.82) is 0 Å². The van der Waals surface area contributed by atoms with Crippen molar-refractivity contribution in [3.8, 4) is 0 Å². The topological polar surface area (TPSA) is 237 Å². The minimum Gasteiger partial charge on any atom is -0.462 e. The molecule has 0 aliphatic heterocycles. The Morgan fingerprint density at radius 1 is 0.257 bits per heavy atom. The quantitative estimate of drug-likeness (QED) is 0.0222. The summed E-state index contributed by atoms with van der Waals surface area (Å²) in [5.74, 6) is -1.29. The molecule has 0 radical (unpaired) electrons. The Morgan fingerprint density at radius 3 is 0.648 bits per heavy atom. The van der Waals surface area contributed by atoms with Crippen LogP contribution in [0.4, 0.5) is 0 Å². The van der Waals surface area contributed by atoms with Gasteiger partial charge in [-0.15, -0.1) is 0 Å². The normalized spacial score (nSPS) is 13.8. The Bertz CT molecular complexity index is 2000. The number of aliphatic hydroxyl groups is 1. The van der Waals surface area contributed by atoms with E-state index in [0.717, 1.165) is 95.8 Å². The van der Waals surface area contributed by atoms with Crippen LogP contribution in [-0.4, -0.2) is 96.7 Å². The number of hydrogen-bond donors (Lipinski definition) is 3. The van der Waals surface area contributed by atoms with Crippen LogP contribution in [-0.2, 0) is 65.4 Å². The summed E-state index contributed by atoms with van der Waals surface area (Å²) in [6, 6.07) is 0. The van der Waals surface area contributed by atoms with Gasteiger partial charge in [-0.1, -0.05) is 413 Å². The second kappa shape index (κ2) is 78.7. The molecule has 0 heterocycles. The van der Waals surface area contributed by atoms with Crippen LogP contribution < -0.4 is 0 Å². The molecule has 0 aromatic carbocycles. The number of hydrogen-bond acceptors (Lipinski definition) is 15. The smallest absolute Gasteiger partial charge is 0.462 e. The van der Waals surface area contributed by atoms with Crippen LogP contribution in [0.3, 0.4) is 0 Å². The first kappa shape index (κ1) is 103. The molecule has 0 spiro atoms. The monoisotopic (exact) mass is 1540 g/mol. The van der Waals surface area contributed by atoms with Crippen molar-refractivity contribution >= 4 is 39.5 Å². The summed E-state index contributed by atoms with van der Waals surface area (Å²) < 4.78 is 68.9. The molecule has 0 amide bonds. The Labute approximate surface area is 645 Å². The average molecular weight is 1540 g/mol. The summed E-state index contributed by atoms with van der Waals surface area (Å²) in [7, 11) is -9.93. The fourth-order valence-corrected chi connectivity index (χ4v) is 15.1. The molecule has 0 rings (SSSR count). The lowest BCUT2D eigenvalue weighted by Gasteiger charge is -2.21. The van der Waals surface area contributed by atoms with Crippen LogP contribution in [0.1, 0.15) is 465 Å². The highest BCUT2D eigenvalue weighted by Gasteiger charge is 2.30. The highest BCUT2D eigenvalue weighted by atomic mass is 31.2. The van der Waals surface area contributed by atoms with Crippen LogP contribution in [0.15, 0.2) is 0 Å². The van der Waals surface area contributed by atoms with Crippen molar-refractivity contribution in [2.75, 3.05) is 39.6 Å². The number of phosphoric ester groups is 2. The fraction of sp³-hybridized carbons (Fsp3) is 0.953. The van der Waals surface area contributed by atoms with Gasteiger partial charge in [-0.25, -0.2) is 9.13 Å². The van der Waals surface area contributed by atoms with Crippen molar-refractivity contribution in [3.05, 3.63) is 0 Å². The second-order valence-electron chi connectivity index (χ2n) is 31.4. The molecule has 0 bridgehead atoms. The van der Waals surface area contributed by atoms with E-state index in [1.807, 2.05) is 0 Å². The van der Waals surface area contributed by atoms with Crippen molar-refractivity contribution < 1.29 is 80.2 Å². The summed E-state index contributed by atoms with van der Waals surface area (Å²) in [5, 5.41) is 10.7. The third kappa shape index (κ3) is 79.9. The molecule has 19 heteroatoms. The third-order valence-corrected chi connectivity index (χ3v) is 22.2. The first-order valence-electron chi connectivity index (χ1n) is 44.6. The number of rotatable bonds is 86. The molecule has 0 saturated heterocycles. The van der Waals surface area contributed by atoms with Gasteiger partial charge < -0.3 is 33.8 Å². The molecule has 0 saturated carbocycles. The van der Waals surface area contributed by atoms with E-state index in [0.29, 0.717) is 25.7 Å². The molecular formula is C86H168O17P2. The van der Waals surface area contributed by atoms with Gasteiger partial charge in [-0.05, 0) is 31.6 Å². The molecular weight excluding hydrogens is 1370 g/mol. The van der Waals surface area contributed by atoms with Gasteiger partial charge in [0.15, 0.2) is 12.2 Å². The first-order valence-corrected chi connectivity index (χ1v) is 47.6. The molecule has 0 aliphatic carbocycles. The maximum Gasteiger partial charge on any atom is 0.472 e. The maximum atomic E-state index is 13.1. The van der Waals surface area contributed by atoms with E-state index in [-0.39, 0.29) is 25.7 Å². The minimum absolute atomic E-state index is 0.109. The van der Waals surface area contributed by atoms with Gasteiger partial charge in [0.05, 0.1) is 26.4 Å². The van der Waals surface area contributed by atoms with Crippen molar-refractivity contribution in [2.24, 2.45) is 5.92 Å². The molecule has 5 atom stereocenters. The van der Waals surface area contributed by atoms with Crippen molar-refractivity contribution in [3.63, 3.8) is 0 Å². The number of unbranched alkanes of at least 4 members (excludes halogenated alkanes) is 58. The van der Waals surface area contributed by atoms with Crippen molar-refractivity contribution in [1.82, 2.24) is 0 Å². The molecule has 17 nitrogen and oxygen atoms in total. The maximum absolute atomic E-state index is 13.1. The molecule has 0 aliphatic rings. The van der Waals surface area contributed by atoms with Gasteiger partial charge in [0, 0.05) is 25.7 Å². The van der Waals surface area contributed by atoms with E-state index in [1.165, 1.54) is 289 Å². The molecule has 0 fully saturated rings. The summed E-state index contributed by atoms with van der Waals surface area (Å²) in [6.45, 7) is 7.41. The van der Waals surface area contributed by atoms with Gasteiger partial charge in [0.25, 0.3) is 0 Å². The summed E-state index contributed by atoms with van der Waals surface area (Å²) in [6.07, 6.45) is 72.0. The van der Waals surface area contributed by atoms with Crippen LogP contribution in [0.2, 0.25) is 0 Å². The number of phosphoric acid groups is 2. The Hall–Kier alpha value is -1.94. The van der Waals surface area contributed by atoms with Gasteiger partial charge in [-0.2, -0.15) is 0 Å². The Balaban J connectivity index is 5.25. The number of ether oxygens (including phenoxy) is 4. The van der Waals surface area contributed by atoms with Crippen LogP contribution in [0, 0.1) is 5.92 Å². The van der Waals surface area contributed by atoms with Crippen LogP contribution >= 0.6 is 15.6 Å². The van der Waals surface area contributed by atoms with Crippen LogP contribution in [0.5, 0.6) is 0 Å². The molecule has 2 unspecified atom stereocenters. The zero-order chi connectivity index (χ0) is 76.9. The summed E-state index contributed by atoms with van der Waals surface area (Å²) in [4.78, 5) is 73.3. The minimum atomic E-state index is -4.97. The SMILES string of the molecule is CCCCCCCCCCCCCCCCCCCC(=O)OC[C@H](COP(=O)(O)OC[C@@H](O)COP(=O)(O)OC[C@@H](COC(=O)CCCCCCCCCCCCCC)OC(=O)CCCCCCCCCCCCCCCCCCC)OC(=O)CCCCCCCCCCCCCCCCCCC(C)C. The van der Waals surface area contributed by atoms with E-state index in [2.05, 4.69) is 34.6 Å². The lowest BCUT2D eigenvalue weighted by Crippen LogP contribution is -2.30.